The van der Waals surface area contributed by atoms with Crippen molar-refractivity contribution in [2.45, 2.75) is 58.0 Å². The Morgan fingerprint density at radius 3 is 2.46 bits per heavy atom. The largest absolute Gasteiger partial charge is 0.497 e. The summed E-state index contributed by atoms with van der Waals surface area (Å²) in [6.45, 7) is 3.34. The summed E-state index contributed by atoms with van der Waals surface area (Å²) in [5, 5.41) is 7.49. The predicted octanol–water partition coefficient (Wildman–Crippen LogP) is 6.27. The number of fused-ring (bicyclic) bond motifs is 3. The number of nitrogens with zero attached hydrogens (tertiary/aromatic N) is 2. The second kappa shape index (κ2) is 12.1. The average molecular weight is 571 g/mol. The third-order valence-corrected chi connectivity index (χ3v) is 9.80. The fourth-order valence-electron chi connectivity index (χ4n) is 6.70. The maximum absolute atomic E-state index is 14.0. The summed E-state index contributed by atoms with van der Waals surface area (Å²) in [7, 11) is 1.66. The van der Waals surface area contributed by atoms with Crippen LogP contribution < -0.4 is 15.4 Å². The summed E-state index contributed by atoms with van der Waals surface area (Å²) >= 11 is 1.62. The zero-order valence-corrected chi connectivity index (χ0v) is 24.6. The van der Waals surface area contributed by atoms with Gasteiger partial charge < -0.3 is 19.9 Å². The van der Waals surface area contributed by atoms with E-state index in [9.17, 15) is 9.59 Å². The van der Waals surface area contributed by atoms with E-state index in [0.29, 0.717) is 24.1 Å². The van der Waals surface area contributed by atoms with Crippen LogP contribution in [-0.4, -0.2) is 41.1 Å². The van der Waals surface area contributed by atoms with Gasteiger partial charge in [-0.2, -0.15) is 0 Å². The molecule has 6 rings (SSSR count). The molecule has 2 heterocycles. The number of thiazole rings is 1. The maximum atomic E-state index is 14.0. The third kappa shape index (κ3) is 5.75. The van der Waals surface area contributed by atoms with Crippen molar-refractivity contribution in [3.63, 3.8) is 0 Å². The molecule has 2 aromatic heterocycles. The molecule has 41 heavy (non-hydrogen) atoms. The van der Waals surface area contributed by atoms with Gasteiger partial charge in [0.1, 0.15) is 16.5 Å². The Bertz CT molecular complexity index is 1500. The number of amides is 2. The SMILES string of the molecule is CCCNC(=O)C1CC2CCCC(C1)C2NC(=O)c1cc2sc(-c3ccccc3)nc2n1Cc1ccc(OC)cc1. The molecule has 2 N–H and O–H groups in total. The number of benzene rings is 2. The van der Waals surface area contributed by atoms with Gasteiger partial charge in [0.25, 0.3) is 5.91 Å². The van der Waals surface area contributed by atoms with Crippen LogP contribution in [0.2, 0.25) is 0 Å². The highest BCUT2D eigenvalue weighted by atomic mass is 32.1. The molecule has 4 aromatic rings. The number of aromatic nitrogens is 2. The van der Waals surface area contributed by atoms with Crippen LogP contribution in [0.3, 0.4) is 0 Å². The van der Waals surface area contributed by atoms with E-state index in [0.717, 1.165) is 70.9 Å². The number of carbonyl (C=O) groups excluding carboxylic acids is 2. The number of hydrogen-bond acceptors (Lipinski definition) is 5. The standard InChI is InChI=1S/C33H38N4O3S/c1-3-16-34-31(38)25-17-23-10-7-11-24(18-25)29(23)35-32(39)27-19-28-30(36-33(41-28)22-8-5-4-6-9-22)37(27)20-21-12-14-26(40-2)15-13-21/h4-6,8-9,12-15,19,23-25,29H,3,7,10-11,16-18,20H2,1-2H3,(H,34,38)(H,35,39). The molecule has 214 valence electrons. The molecule has 0 aliphatic heterocycles. The van der Waals surface area contributed by atoms with Gasteiger partial charge >= 0.3 is 0 Å². The fourth-order valence-corrected chi connectivity index (χ4v) is 7.72. The van der Waals surface area contributed by atoms with Gasteiger partial charge in [0.15, 0.2) is 5.65 Å². The minimum atomic E-state index is -0.0549. The van der Waals surface area contributed by atoms with Gasteiger partial charge in [-0.05, 0) is 67.7 Å². The molecule has 0 spiro atoms. The van der Waals surface area contributed by atoms with E-state index in [1.54, 1.807) is 18.4 Å². The van der Waals surface area contributed by atoms with Crippen LogP contribution in [0.25, 0.3) is 20.9 Å². The number of hydrogen-bond donors (Lipinski definition) is 2. The van der Waals surface area contributed by atoms with Crippen molar-refractivity contribution in [1.29, 1.82) is 0 Å². The maximum Gasteiger partial charge on any atom is 0.268 e. The molecule has 2 unspecified atom stereocenters. The van der Waals surface area contributed by atoms with Crippen molar-refractivity contribution in [3.05, 3.63) is 71.9 Å². The number of ether oxygens (including phenoxy) is 1. The summed E-state index contributed by atoms with van der Waals surface area (Å²) in [6.07, 6.45) is 5.92. The Kier molecular flexibility index (Phi) is 8.10. The zero-order chi connectivity index (χ0) is 28.3. The molecule has 2 saturated carbocycles. The normalized spacial score (nSPS) is 21.9. The van der Waals surface area contributed by atoms with Gasteiger partial charge in [0.2, 0.25) is 5.91 Å². The highest BCUT2D eigenvalue weighted by Gasteiger charge is 2.43. The second-order valence-corrected chi connectivity index (χ2v) is 12.5. The Labute approximate surface area is 245 Å². The highest BCUT2D eigenvalue weighted by molar-refractivity contribution is 7.21. The molecular formula is C33H38N4O3S. The van der Waals surface area contributed by atoms with Crippen molar-refractivity contribution in [2.24, 2.45) is 17.8 Å². The Balaban J connectivity index is 1.28. The molecule has 8 heteroatoms. The van der Waals surface area contributed by atoms with Crippen LogP contribution in [0, 0.1) is 17.8 Å². The lowest BCUT2D eigenvalue weighted by Crippen LogP contribution is -2.53. The van der Waals surface area contributed by atoms with Crippen LogP contribution in [0.4, 0.5) is 0 Å². The fraction of sp³-hybridized carbons (Fsp3) is 0.424. The van der Waals surface area contributed by atoms with Crippen LogP contribution >= 0.6 is 11.3 Å². The van der Waals surface area contributed by atoms with E-state index in [1.165, 1.54) is 6.42 Å². The van der Waals surface area contributed by atoms with E-state index in [2.05, 4.69) is 34.3 Å². The number of nitrogens with one attached hydrogen (secondary N) is 2. The quantitative estimate of drug-likeness (QED) is 0.248. The second-order valence-electron chi connectivity index (χ2n) is 11.4. The zero-order valence-electron chi connectivity index (χ0n) is 23.8. The lowest BCUT2D eigenvalue weighted by molar-refractivity contribution is -0.128. The van der Waals surface area contributed by atoms with Crippen molar-refractivity contribution in [3.8, 4) is 16.3 Å². The van der Waals surface area contributed by atoms with Crippen molar-refractivity contribution in [1.82, 2.24) is 20.2 Å². The smallest absolute Gasteiger partial charge is 0.268 e. The summed E-state index contributed by atoms with van der Waals surface area (Å²) in [5.74, 6) is 1.64. The molecule has 2 aliphatic rings. The monoisotopic (exact) mass is 570 g/mol. The lowest BCUT2D eigenvalue weighted by atomic mass is 9.64. The molecular weight excluding hydrogens is 532 g/mol. The van der Waals surface area contributed by atoms with Gasteiger partial charge in [-0.15, -0.1) is 11.3 Å². The van der Waals surface area contributed by atoms with E-state index >= 15 is 0 Å². The van der Waals surface area contributed by atoms with E-state index < -0.39 is 0 Å². The first-order valence-corrected chi connectivity index (χ1v) is 15.6. The molecule has 2 aromatic carbocycles. The molecule has 7 nitrogen and oxygen atoms in total. The molecule has 0 radical (unpaired) electrons. The van der Waals surface area contributed by atoms with Crippen LogP contribution in [0.15, 0.2) is 60.7 Å². The predicted molar refractivity (Wildman–Crippen MR) is 163 cm³/mol. The molecule has 2 bridgehead atoms. The average Bonchev–Trinajstić information content (AvgIpc) is 3.56. The molecule has 2 atom stereocenters. The molecule has 0 saturated heterocycles. The number of methoxy groups -OCH3 is 1. The van der Waals surface area contributed by atoms with E-state index in [-0.39, 0.29) is 23.8 Å². The van der Waals surface area contributed by atoms with Gasteiger partial charge in [-0.25, -0.2) is 4.98 Å². The minimum Gasteiger partial charge on any atom is -0.497 e. The summed E-state index contributed by atoms with van der Waals surface area (Å²) in [5.41, 5.74) is 3.60. The first-order chi connectivity index (χ1) is 20.0. The Hall–Kier alpha value is -3.65. The van der Waals surface area contributed by atoms with Gasteiger partial charge in [-0.1, -0.05) is 55.8 Å². The Morgan fingerprint density at radius 1 is 1.05 bits per heavy atom. The number of rotatable bonds is 9. The summed E-state index contributed by atoms with van der Waals surface area (Å²) in [6, 6.07) is 20.2. The molecule has 2 fully saturated rings. The first-order valence-electron chi connectivity index (χ1n) is 14.8. The van der Waals surface area contributed by atoms with E-state index in [4.69, 9.17) is 9.72 Å². The van der Waals surface area contributed by atoms with E-state index in [1.807, 2.05) is 48.5 Å². The summed E-state index contributed by atoms with van der Waals surface area (Å²) < 4.78 is 8.39. The highest BCUT2D eigenvalue weighted by Crippen LogP contribution is 2.43. The van der Waals surface area contributed by atoms with Gasteiger partial charge in [0.05, 0.1) is 11.8 Å². The number of carbonyl (C=O) groups is 2. The van der Waals surface area contributed by atoms with Crippen molar-refractivity contribution in [2.75, 3.05) is 13.7 Å². The minimum absolute atomic E-state index is 0.0508. The molecule has 2 aliphatic carbocycles. The van der Waals surface area contributed by atoms with Crippen LogP contribution in [0.5, 0.6) is 5.75 Å². The molecule has 2 amide bonds. The summed E-state index contributed by atoms with van der Waals surface area (Å²) in [4.78, 5) is 31.8. The van der Waals surface area contributed by atoms with Gasteiger partial charge in [0, 0.05) is 30.6 Å². The topological polar surface area (TPSA) is 85.3 Å². The van der Waals surface area contributed by atoms with Crippen molar-refractivity contribution < 1.29 is 14.3 Å². The van der Waals surface area contributed by atoms with Crippen LogP contribution in [-0.2, 0) is 11.3 Å². The Morgan fingerprint density at radius 2 is 1.78 bits per heavy atom. The third-order valence-electron chi connectivity index (χ3n) is 8.76. The lowest BCUT2D eigenvalue weighted by Gasteiger charge is -2.45. The van der Waals surface area contributed by atoms with Crippen molar-refractivity contribution >= 4 is 33.5 Å². The first kappa shape index (κ1) is 27.5. The van der Waals surface area contributed by atoms with Crippen LogP contribution in [0.1, 0.15) is 61.5 Å². The van der Waals surface area contributed by atoms with Gasteiger partial charge in [-0.3, -0.25) is 9.59 Å².